The van der Waals surface area contributed by atoms with Gasteiger partial charge in [-0.2, -0.15) is 0 Å². The lowest BCUT2D eigenvalue weighted by Crippen LogP contribution is -2.36. The van der Waals surface area contributed by atoms with Crippen LogP contribution in [0.3, 0.4) is 0 Å². The van der Waals surface area contributed by atoms with Crippen molar-refractivity contribution >= 4 is 17.3 Å². The molecule has 21 heavy (non-hydrogen) atoms. The van der Waals surface area contributed by atoms with Crippen molar-refractivity contribution in [3.8, 4) is 0 Å². The molecule has 0 spiro atoms. The Morgan fingerprint density at radius 1 is 1.38 bits per heavy atom. The predicted octanol–water partition coefficient (Wildman–Crippen LogP) is 2.83. The van der Waals surface area contributed by atoms with E-state index >= 15 is 0 Å². The lowest BCUT2D eigenvalue weighted by Gasteiger charge is -2.34. The molecule has 7 heteroatoms. The average Bonchev–Trinajstić information content (AvgIpc) is 2.53. The Morgan fingerprint density at radius 3 is 2.57 bits per heavy atom. The molecule has 0 aromatic carbocycles. The molecule has 2 rings (SSSR count). The van der Waals surface area contributed by atoms with Crippen molar-refractivity contribution in [1.82, 2.24) is 9.97 Å². The fourth-order valence-electron chi connectivity index (χ4n) is 3.09. The van der Waals surface area contributed by atoms with Crippen LogP contribution in [0.25, 0.3) is 0 Å². The smallest absolute Gasteiger partial charge is 0.353 e. The van der Waals surface area contributed by atoms with Crippen molar-refractivity contribution < 1.29 is 4.92 Å². The monoisotopic (exact) mass is 293 g/mol. The summed E-state index contributed by atoms with van der Waals surface area (Å²) in [6.07, 6.45) is 7.08. The van der Waals surface area contributed by atoms with E-state index in [0.717, 1.165) is 18.8 Å². The fraction of sp³-hybridized carbons (Fsp3) is 0.714. The van der Waals surface area contributed by atoms with Gasteiger partial charge in [0.2, 0.25) is 11.6 Å². The Balaban J connectivity index is 2.23. The lowest BCUT2D eigenvalue weighted by atomic mass is 9.84. The van der Waals surface area contributed by atoms with E-state index in [1.54, 1.807) is 7.05 Å². The number of nitrogens with zero attached hydrogens (tertiary/aromatic N) is 4. The highest BCUT2D eigenvalue weighted by Crippen LogP contribution is 2.36. The molecule has 0 atom stereocenters. The molecule has 1 saturated carbocycles. The van der Waals surface area contributed by atoms with E-state index in [0.29, 0.717) is 11.9 Å². The molecular weight excluding hydrogens is 270 g/mol. The largest absolute Gasteiger partial charge is 0.367 e. The minimum atomic E-state index is -0.407. The van der Waals surface area contributed by atoms with E-state index < -0.39 is 4.92 Å². The minimum Gasteiger partial charge on any atom is -0.367 e. The third-order valence-electron chi connectivity index (χ3n) is 4.50. The zero-order valence-electron chi connectivity index (χ0n) is 12.9. The normalized spacial score (nSPS) is 21.9. The summed E-state index contributed by atoms with van der Waals surface area (Å²) in [5.74, 6) is 1.46. The number of anilines is 2. The van der Waals surface area contributed by atoms with Gasteiger partial charge in [0.25, 0.3) is 0 Å². The van der Waals surface area contributed by atoms with Gasteiger partial charge in [0.15, 0.2) is 0 Å². The molecule has 1 N–H and O–H groups in total. The summed E-state index contributed by atoms with van der Waals surface area (Å²) in [7, 11) is 3.53. The van der Waals surface area contributed by atoms with Gasteiger partial charge in [-0.15, -0.1) is 0 Å². The highest BCUT2D eigenvalue weighted by molar-refractivity contribution is 5.70. The van der Waals surface area contributed by atoms with Crippen molar-refractivity contribution in [3.05, 3.63) is 16.4 Å². The number of aromatic nitrogens is 2. The zero-order valence-corrected chi connectivity index (χ0v) is 12.9. The van der Waals surface area contributed by atoms with Crippen molar-refractivity contribution in [2.45, 2.75) is 45.1 Å². The highest BCUT2D eigenvalue weighted by atomic mass is 16.6. The quantitative estimate of drug-likeness (QED) is 0.664. The third-order valence-corrected chi connectivity index (χ3v) is 4.50. The Morgan fingerprint density at radius 2 is 2.05 bits per heavy atom. The Hall–Kier alpha value is -1.92. The molecule has 0 bridgehead atoms. The predicted molar refractivity (Wildman–Crippen MR) is 82.7 cm³/mol. The Kier molecular flexibility index (Phi) is 4.93. The molecule has 1 aromatic heterocycles. The summed E-state index contributed by atoms with van der Waals surface area (Å²) in [5.41, 5.74) is -0.0416. The molecule has 0 amide bonds. The van der Waals surface area contributed by atoms with Gasteiger partial charge in [-0.1, -0.05) is 13.3 Å². The summed E-state index contributed by atoms with van der Waals surface area (Å²) in [4.78, 5) is 21.0. The van der Waals surface area contributed by atoms with Gasteiger partial charge in [-0.05, 0) is 31.6 Å². The summed E-state index contributed by atoms with van der Waals surface area (Å²) >= 11 is 0. The maximum absolute atomic E-state index is 11.3. The molecular formula is C14H23N5O2. The maximum Gasteiger partial charge on any atom is 0.353 e. The molecule has 0 saturated heterocycles. The molecule has 0 radical (unpaired) electrons. The summed E-state index contributed by atoms with van der Waals surface area (Å²) in [6.45, 7) is 2.23. The van der Waals surface area contributed by atoms with Gasteiger partial charge in [0.1, 0.15) is 6.33 Å². The van der Waals surface area contributed by atoms with Crippen LogP contribution in [0, 0.1) is 16.0 Å². The van der Waals surface area contributed by atoms with Crippen LogP contribution in [0.2, 0.25) is 0 Å². The average molecular weight is 293 g/mol. The number of hydrogen-bond acceptors (Lipinski definition) is 6. The molecule has 1 fully saturated rings. The molecule has 1 aliphatic rings. The van der Waals surface area contributed by atoms with Crippen LogP contribution in [-0.2, 0) is 0 Å². The highest BCUT2D eigenvalue weighted by Gasteiger charge is 2.30. The minimum absolute atomic E-state index is 0.0416. The lowest BCUT2D eigenvalue weighted by molar-refractivity contribution is -0.383. The summed E-state index contributed by atoms with van der Waals surface area (Å²) in [5, 5.41) is 14.1. The number of rotatable bonds is 5. The first-order valence-electron chi connectivity index (χ1n) is 7.48. The molecule has 7 nitrogen and oxygen atoms in total. The first-order valence-corrected chi connectivity index (χ1v) is 7.48. The number of nitro groups is 1. The Labute approximate surface area is 124 Å². The molecule has 116 valence electrons. The Bertz CT molecular complexity index is 500. The van der Waals surface area contributed by atoms with Crippen molar-refractivity contribution in [3.63, 3.8) is 0 Å². The van der Waals surface area contributed by atoms with E-state index in [4.69, 9.17) is 0 Å². The van der Waals surface area contributed by atoms with Gasteiger partial charge in [-0.25, -0.2) is 9.97 Å². The van der Waals surface area contributed by atoms with Gasteiger partial charge in [0, 0.05) is 20.1 Å². The maximum atomic E-state index is 11.3. The molecule has 1 aliphatic carbocycles. The zero-order chi connectivity index (χ0) is 15.4. The topological polar surface area (TPSA) is 84.2 Å². The molecule has 1 heterocycles. The van der Waals surface area contributed by atoms with Crippen LogP contribution in [0.15, 0.2) is 6.33 Å². The van der Waals surface area contributed by atoms with Crippen molar-refractivity contribution in [2.24, 2.45) is 5.92 Å². The van der Waals surface area contributed by atoms with Gasteiger partial charge in [-0.3, -0.25) is 10.1 Å². The summed E-state index contributed by atoms with van der Waals surface area (Å²) in [6, 6.07) is 0.311. The second-order valence-corrected chi connectivity index (χ2v) is 5.60. The first kappa shape index (κ1) is 15.5. The standard InChI is InChI=1S/C14H23N5O2/c1-4-10-5-7-11(8-6-10)18(3)14-12(19(20)21)13(15-2)16-9-17-14/h9-11H,4-8H2,1-3H3,(H,15,16,17). The van der Waals surface area contributed by atoms with E-state index in [1.165, 1.54) is 25.6 Å². The summed E-state index contributed by atoms with van der Waals surface area (Å²) < 4.78 is 0. The van der Waals surface area contributed by atoms with E-state index in [-0.39, 0.29) is 11.5 Å². The van der Waals surface area contributed by atoms with Gasteiger partial charge in [0.05, 0.1) is 4.92 Å². The molecule has 0 aliphatic heterocycles. The van der Waals surface area contributed by atoms with E-state index in [1.807, 2.05) is 11.9 Å². The van der Waals surface area contributed by atoms with Crippen LogP contribution < -0.4 is 10.2 Å². The second-order valence-electron chi connectivity index (χ2n) is 5.60. The number of hydrogen-bond donors (Lipinski definition) is 1. The number of nitrogens with one attached hydrogen (secondary N) is 1. The van der Waals surface area contributed by atoms with Crippen LogP contribution in [0.4, 0.5) is 17.3 Å². The third kappa shape index (κ3) is 3.22. The van der Waals surface area contributed by atoms with Crippen LogP contribution in [0.1, 0.15) is 39.0 Å². The fourth-order valence-corrected chi connectivity index (χ4v) is 3.09. The van der Waals surface area contributed by atoms with E-state index in [2.05, 4.69) is 22.2 Å². The molecule has 0 unspecified atom stereocenters. The van der Waals surface area contributed by atoms with E-state index in [9.17, 15) is 10.1 Å². The van der Waals surface area contributed by atoms with Gasteiger partial charge < -0.3 is 10.2 Å². The van der Waals surface area contributed by atoms with Gasteiger partial charge >= 0.3 is 5.69 Å². The van der Waals surface area contributed by atoms with Crippen molar-refractivity contribution in [2.75, 3.05) is 24.3 Å². The SMILES string of the molecule is CCC1CCC(N(C)c2ncnc(NC)c2[N+](=O)[O-])CC1. The van der Waals surface area contributed by atoms with Crippen LogP contribution in [-0.4, -0.2) is 35.0 Å². The second kappa shape index (κ2) is 6.69. The van der Waals surface area contributed by atoms with Crippen LogP contribution >= 0.6 is 0 Å². The van der Waals surface area contributed by atoms with Crippen LogP contribution in [0.5, 0.6) is 0 Å². The van der Waals surface area contributed by atoms with Crippen molar-refractivity contribution in [1.29, 1.82) is 0 Å². The molecule has 1 aromatic rings. The first-order chi connectivity index (χ1) is 10.1.